The van der Waals surface area contributed by atoms with Crippen LogP contribution in [-0.4, -0.2) is 24.7 Å². The summed E-state index contributed by atoms with van der Waals surface area (Å²) in [4.78, 5) is 25.8. The van der Waals surface area contributed by atoms with Gasteiger partial charge in [-0.1, -0.05) is 20.8 Å². The van der Waals surface area contributed by atoms with Crippen LogP contribution in [0.15, 0.2) is 47.7 Å². The van der Waals surface area contributed by atoms with Gasteiger partial charge in [-0.15, -0.1) is 0 Å². The first-order valence-corrected chi connectivity index (χ1v) is 8.40. The van der Waals surface area contributed by atoms with Crippen molar-refractivity contribution in [3.05, 3.63) is 47.7 Å². The molecule has 1 N–H and O–H groups in total. The van der Waals surface area contributed by atoms with Crippen molar-refractivity contribution in [3.8, 4) is 0 Å². The van der Waals surface area contributed by atoms with E-state index in [0.717, 1.165) is 24.4 Å². The van der Waals surface area contributed by atoms with Gasteiger partial charge in [-0.2, -0.15) is 0 Å². The lowest BCUT2D eigenvalue weighted by molar-refractivity contribution is -0.131. The van der Waals surface area contributed by atoms with Gasteiger partial charge in [0, 0.05) is 36.2 Å². The van der Waals surface area contributed by atoms with Gasteiger partial charge in [-0.05, 0) is 55.2 Å². The van der Waals surface area contributed by atoms with Gasteiger partial charge in [0.15, 0.2) is 0 Å². The van der Waals surface area contributed by atoms with Gasteiger partial charge >= 0.3 is 0 Å². The summed E-state index contributed by atoms with van der Waals surface area (Å²) in [6, 6.07) is 8.11. The normalized spacial score (nSPS) is 15.0. The zero-order chi connectivity index (χ0) is 17.9. The lowest BCUT2D eigenvalue weighted by Crippen LogP contribution is -2.25. The van der Waals surface area contributed by atoms with Crippen molar-refractivity contribution >= 4 is 22.9 Å². The van der Waals surface area contributed by atoms with Gasteiger partial charge in [0.05, 0.1) is 0 Å². The number of hydrogen-bond donors (Lipinski definition) is 1. The van der Waals surface area contributed by atoms with Crippen LogP contribution in [-0.2, 0) is 9.59 Å². The monoisotopic (exact) mass is 326 g/mol. The largest absolute Gasteiger partial charge is 0.372 e. The number of carbonyl (C=O) groups is 2. The highest BCUT2D eigenvalue weighted by Gasteiger charge is 2.28. The summed E-state index contributed by atoms with van der Waals surface area (Å²) in [6.45, 7) is 12.3. The SMILES string of the molecule is CCN(CC)c1ccc(NC2=CC(=O)C(=O)C=C2C(C)(C)C)cc1. The van der Waals surface area contributed by atoms with Gasteiger partial charge in [-0.3, -0.25) is 9.59 Å². The molecule has 1 aromatic rings. The molecule has 0 fully saturated rings. The van der Waals surface area contributed by atoms with E-state index in [1.54, 1.807) is 0 Å². The van der Waals surface area contributed by atoms with Crippen LogP contribution >= 0.6 is 0 Å². The Morgan fingerprint density at radius 3 is 1.96 bits per heavy atom. The number of nitrogens with one attached hydrogen (secondary N) is 1. The molecule has 0 aliphatic heterocycles. The Bertz CT molecular complexity index is 687. The van der Waals surface area contributed by atoms with Crippen LogP contribution in [0.3, 0.4) is 0 Å². The predicted molar refractivity (Wildman–Crippen MR) is 99.3 cm³/mol. The maximum absolute atomic E-state index is 11.8. The smallest absolute Gasteiger partial charge is 0.227 e. The van der Waals surface area contributed by atoms with Crippen LogP contribution in [0, 0.1) is 5.41 Å². The van der Waals surface area contributed by atoms with Crippen molar-refractivity contribution in [2.45, 2.75) is 34.6 Å². The van der Waals surface area contributed by atoms with Crippen LogP contribution < -0.4 is 10.2 Å². The Morgan fingerprint density at radius 2 is 1.46 bits per heavy atom. The molecular formula is C20H26N2O2. The third-order valence-corrected chi connectivity index (χ3v) is 4.17. The molecule has 0 spiro atoms. The van der Waals surface area contributed by atoms with Crippen LogP contribution in [0.1, 0.15) is 34.6 Å². The quantitative estimate of drug-likeness (QED) is 0.657. The van der Waals surface area contributed by atoms with E-state index in [-0.39, 0.29) is 5.41 Å². The maximum atomic E-state index is 11.8. The van der Waals surface area contributed by atoms with Crippen molar-refractivity contribution in [2.75, 3.05) is 23.3 Å². The number of carbonyl (C=O) groups excluding carboxylic acids is 2. The molecule has 0 saturated carbocycles. The lowest BCUT2D eigenvalue weighted by atomic mass is 9.81. The van der Waals surface area contributed by atoms with E-state index in [4.69, 9.17) is 0 Å². The fourth-order valence-electron chi connectivity index (χ4n) is 2.78. The highest BCUT2D eigenvalue weighted by Crippen LogP contribution is 2.34. The maximum Gasteiger partial charge on any atom is 0.227 e. The molecule has 128 valence electrons. The number of nitrogens with zero attached hydrogens (tertiary/aromatic N) is 1. The minimum atomic E-state index is -0.481. The number of ketones is 2. The standard InChI is InChI=1S/C20H26N2O2/c1-6-22(7-2)15-10-8-14(9-11-15)21-17-13-19(24)18(23)12-16(17)20(3,4)5/h8-13,21H,6-7H2,1-5H3. The molecule has 0 saturated heterocycles. The fourth-order valence-corrected chi connectivity index (χ4v) is 2.78. The van der Waals surface area contributed by atoms with Crippen molar-refractivity contribution in [2.24, 2.45) is 5.41 Å². The number of hydrogen-bond acceptors (Lipinski definition) is 4. The van der Waals surface area contributed by atoms with Crippen LogP contribution in [0.4, 0.5) is 11.4 Å². The number of anilines is 2. The minimum absolute atomic E-state index is 0.226. The van der Waals surface area contributed by atoms with Crippen molar-refractivity contribution in [1.82, 2.24) is 0 Å². The molecule has 0 amide bonds. The molecule has 1 aliphatic rings. The molecule has 1 aromatic carbocycles. The second kappa shape index (κ2) is 7.04. The van der Waals surface area contributed by atoms with E-state index in [1.165, 1.54) is 17.8 Å². The van der Waals surface area contributed by atoms with E-state index in [9.17, 15) is 9.59 Å². The fraction of sp³-hybridized carbons (Fsp3) is 0.400. The van der Waals surface area contributed by atoms with Gasteiger partial charge in [0.2, 0.25) is 11.6 Å². The first kappa shape index (κ1) is 18.0. The van der Waals surface area contributed by atoms with E-state index in [0.29, 0.717) is 5.70 Å². The predicted octanol–water partition coefficient (Wildman–Crippen LogP) is 3.95. The van der Waals surface area contributed by atoms with Crippen molar-refractivity contribution in [3.63, 3.8) is 0 Å². The van der Waals surface area contributed by atoms with Gasteiger partial charge in [0.25, 0.3) is 0 Å². The number of rotatable bonds is 5. The first-order chi connectivity index (χ1) is 11.3. The highest BCUT2D eigenvalue weighted by molar-refractivity contribution is 6.47. The molecule has 4 nitrogen and oxygen atoms in total. The summed E-state index contributed by atoms with van der Waals surface area (Å²) >= 11 is 0. The van der Waals surface area contributed by atoms with Crippen LogP contribution in [0.2, 0.25) is 0 Å². The first-order valence-electron chi connectivity index (χ1n) is 8.40. The van der Waals surface area contributed by atoms with Crippen molar-refractivity contribution < 1.29 is 9.59 Å². The molecule has 0 aromatic heterocycles. The number of allylic oxidation sites excluding steroid dienone is 3. The number of benzene rings is 1. The molecule has 0 heterocycles. The average molecular weight is 326 g/mol. The Morgan fingerprint density at radius 1 is 0.917 bits per heavy atom. The van der Waals surface area contributed by atoms with Crippen molar-refractivity contribution in [1.29, 1.82) is 0 Å². The summed E-state index contributed by atoms with van der Waals surface area (Å²) < 4.78 is 0. The third kappa shape index (κ3) is 3.94. The van der Waals surface area contributed by atoms with Crippen LogP contribution in [0.25, 0.3) is 0 Å². The zero-order valence-corrected chi connectivity index (χ0v) is 15.1. The topological polar surface area (TPSA) is 49.4 Å². The second-order valence-electron chi connectivity index (χ2n) is 6.94. The minimum Gasteiger partial charge on any atom is -0.372 e. The average Bonchev–Trinajstić information content (AvgIpc) is 2.52. The van der Waals surface area contributed by atoms with Gasteiger partial charge < -0.3 is 10.2 Å². The summed E-state index contributed by atoms with van der Waals surface area (Å²) in [6.07, 6.45) is 2.86. The van der Waals surface area contributed by atoms with E-state index in [2.05, 4.69) is 36.2 Å². The molecule has 1 aliphatic carbocycles. The van der Waals surface area contributed by atoms with Gasteiger partial charge in [0.1, 0.15) is 0 Å². The Labute approximate surface area is 144 Å². The molecule has 0 bridgehead atoms. The highest BCUT2D eigenvalue weighted by atomic mass is 16.2. The molecule has 2 rings (SSSR count). The van der Waals surface area contributed by atoms with E-state index in [1.807, 2.05) is 32.9 Å². The van der Waals surface area contributed by atoms with E-state index < -0.39 is 11.6 Å². The third-order valence-electron chi connectivity index (χ3n) is 4.17. The summed E-state index contributed by atoms with van der Waals surface area (Å²) in [7, 11) is 0. The van der Waals surface area contributed by atoms with Crippen LogP contribution in [0.5, 0.6) is 0 Å². The molecular weight excluding hydrogens is 300 g/mol. The van der Waals surface area contributed by atoms with Gasteiger partial charge in [-0.25, -0.2) is 0 Å². The summed E-state index contributed by atoms with van der Waals surface area (Å²) in [5.41, 5.74) is 3.38. The zero-order valence-electron chi connectivity index (χ0n) is 15.1. The Kier molecular flexibility index (Phi) is 5.27. The second-order valence-corrected chi connectivity index (χ2v) is 6.94. The lowest BCUT2D eigenvalue weighted by Gasteiger charge is -2.28. The Hall–Kier alpha value is -2.36. The molecule has 0 atom stereocenters. The molecule has 4 heteroatoms. The molecule has 0 unspecified atom stereocenters. The molecule has 0 radical (unpaired) electrons. The van der Waals surface area contributed by atoms with E-state index >= 15 is 0 Å². The Balaban J connectivity index is 2.25. The summed E-state index contributed by atoms with van der Waals surface area (Å²) in [5, 5.41) is 3.29. The summed E-state index contributed by atoms with van der Waals surface area (Å²) in [5.74, 6) is -0.937. The molecule has 24 heavy (non-hydrogen) atoms.